The fourth-order valence-electron chi connectivity index (χ4n) is 8.18. The molecule has 2 bridgehead atoms. The summed E-state index contributed by atoms with van der Waals surface area (Å²) >= 11 is 0. The highest BCUT2D eigenvalue weighted by molar-refractivity contribution is 6.05. The Morgan fingerprint density at radius 3 is 2.31 bits per heavy atom. The Kier molecular flexibility index (Phi) is 11.1. The monoisotopic (exact) mass is 669 g/mol. The molecule has 1 amide bonds. The van der Waals surface area contributed by atoms with Gasteiger partial charge in [0.2, 0.25) is 5.88 Å². The highest BCUT2D eigenvalue weighted by Crippen LogP contribution is 2.47. The second-order valence-electron chi connectivity index (χ2n) is 13.8. The van der Waals surface area contributed by atoms with Gasteiger partial charge in [-0.1, -0.05) is 6.07 Å². The van der Waals surface area contributed by atoms with E-state index in [4.69, 9.17) is 18.9 Å². The van der Waals surface area contributed by atoms with Gasteiger partial charge < -0.3 is 24.3 Å². The molecule has 0 saturated heterocycles. The number of hydrogen-bond acceptors (Lipinski definition) is 9. The van der Waals surface area contributed by atoms with Crippen molar-refractivity contribution < 1.29 is 33.3 Å². The van der Waals surface area contributed by atoms with Crippen molar-refractivity contribution in [2.45, 2.75) is 89.3 Å². The molecule has 260 valence electrons. The van der Waals surface area contributed by atoms with Crippen molar-refractivity contribution in [2.24, 2.45) is 23.7 Å². The van der Waals surface area contributed by atoms with Crippen LogP contribution >= 0.6 is 0 Å². The van der Waals surface area contributed by atoms with E-state index in [2.05, 4.69) is 15.3 Å². The van der Waals surface area contributed by atoms with Gasteiger partial charge in [0.1, 0.15) is 17.5 Å². The van der Waals surface area contributed by atoms with Crippen molar-refractivity contribution in [1.82, 2.24) is 9.97 Å². The number of amides is 1. The van der Waals surface area contributed by atoms with E-state index in [1.54, 1.807) is 56.9 Å². The van der Waals surface area contributed by atoms with Gasteiger partial charge in [0.15, 0.2) is 11.5 Å². The topological polar surface area (TPSA) is 126 Å². The molecular formula is C39H47N3O7. The van der Waals surface area contributed by atoms with Crippen molar-refractivity contribution in [3.05, 3.63) is 72.2 Å². The molecule has 2 aromatic heterocycles. The van der Waals surface area contributed by atoms with Gasteiger partial charge in [0.25, 0.3) is 5.91 Å². The van der Waals surface area contributed by atoms with E-state index >= 15 is 0 Å². The number of methoxy groups -OCH3 is 2. The molecule has 0 spiro atoms. The zero-order chi connectivity index (χ0) is 34.3. The van der Waals surface area contributed by atoms with E-state index in [9.17, 15) is 14.4 Å². The van der Waals surface area contributed by atoms with Crippen LogP contribution in [-0.4, -0.2) is 54.1 Å². The summed E-state index contributed by atoms with van der Waals surface area (Å²) in [6.45, 7) is 1.61. The zero-order valence-electron chi connectivity index (χ0n) is 28.6. The Balaban J connectivity index is 0.000000171. The third kappa shape index (κ3) is 8.23. The normalized spacial score (nSPS) is 25.6. The van der Waals surface area contributed by atoms with E-state index < -0.39 is 0 Å². The molecule has 7 rings (SSSR count). The van der Waals surface area contributed by atoms with Gasteiger partial charge in [-0.05, 0) is 131 Å². The number of ether oxygens (including phenoxy) is 4. The standard InChI is InChI=1S/C21H28O5.C18H19N3O2/c1-13(22)17-10-15(21(23)25-3)11-18(17)14-8-9-19(24-2)20(12-14)26-16-6-4-5-7-16;22-17(21-14-5-8-19-9-6-14)15-2-1-7-20-18(15)23-16-11-12-3-4-13(16)10-12/h8-9,12,15-18H,4-7,10-11H2,1-3H3;1-2,5-9,12-13,16H,3-4,10-11H2,(H,19,21,22)/t15?,17-,18+;12?,13?,16-/m10/s1. The van der Waals surface area contributed by atoms with Crippen LogP contribution in [0.4, 0.5) is 5.69 Å². The largest absolute Gasteiger partial charge is 0.493 e. The second-order valence-corrected chi connectivity index (χ2v) is 13.8. The van der Waals surface area contributed by atoms with Crippen molar-refractivity contribution in [1.29, 1.82) is 0 Å². The molecule has 3 aromatic rings. The highest BCUT2D eigenvalue weighted by Gasteiger charge is 2.42. The fourth-order valence-corrected chi connectivity index (χ4v) is 8.18. The summed E-state index contributed by atoms with van der Waals surface area (Å²) in [5, 5.41) is 2.86. The molecule has 0 aliphatic heterocycles. The minimum Gasteiger partial charge on any atom is -0.493 e. The van der Waals surface area contributed by atoms with Crippen LogP contribution in [0, 0.1) is 23.7 Å². The number of nitrogens with one attached hydrogen (secondary N) is 1. The molecule has 3 unspecified atom stereocenters. The van der Waals surface area contributed by atoms with Crippen molar-refractivity contribution in [3.63, 3.8) is 0 Å². The predicted molar refractivity (Wildman–Crippen MR) is 184 cm³/mol. The number of carbonyl (C=O) groups excluding carboxylic acids is 3. The number of rotatable bonds is 10. The molecule has 0 radical (unpaired) electrons. The summed E-state index contributed by atoms with van der Waals surface area (Å²) in [6, 6.07) is 12.9. The summed E-state index contributed by atoms with van der Waals surface area (Å²) in [5.41, 5.74) is 2.22. The van der Waals surface area contributed by atoms with Crippen molar-refractivity contribution >= 4 is 23.3 Å². The molecule has 2 heterocycles. The van der Waals surface area contributed by atoms with E-state index in [0.29, 0.717) is 41.6 Å². The SMILES string of the molecule is COC(=O)C1C[C@H](C(C)=O)[C@H](c2ccc(OC)c(OC3CCCC3)c2)C1.O=C(Nc1ccncc1)c1cccnc1O[C@H]1CC2CCC1C2. The molecular weight excluding hydrogens is 622 g/mol. The van der Waals surface area contributed by atoms with Crippen molar-refractivity contribution in [2.75, 3.05) is 19.5 Å². The fraction of sp³-hybridized carbons (Fsp3) is 0.513. The van der Waals surface area contributed by atoms with E-state index in [-0.39, 0.29) is 47.6 Å². The predicted octanol–water partition coefficient (Wildman–Crippen LogP) is 7.18. The summed E-state index contributed by atoms with van der Waals surface area (Å²) < 4.78 is 22.7. The third-order valence-corrected chi connectivity index (χ3v) is 10.7. The molecule has 4 aliphatic carbocycles. The summed E-state index contributed by atoms with van der Waals surface area (Å²) in [6.07, 6.45) is 16.0. The lowest BCUT2D eigenvalue weighted by Crippen LogP contribution is -2.25. The lowest BCUT2D eigenvalue weighted by atomic mass is 9.86. The number of benzene rings is 1. The average Bonchev–Trinajstić information content (AvgIpc) is 3.95. The van der Waals surface area contributed by atoms with Crippen LogP contribution < -0.4 is 19.5 Å². The molecule has 4 fully saturated rings. The van der Waals surface area contributed by atoms with Crippen LogP contribution in [0.5, 0.6) is 17.4 Å². The molecule has 10 heteroatoms. The number of nitrogens with zero attached hydrogens (tertiary/aromatic N) is 2. The van der Waals surface area contributed by atoms with E-state index in [1.807, 2.05) is 18.2 Å². The maximum absolute atomic E-state index is 12.5. The molecule has 4 saturated carbocycles. The molecule has 10 nitrogen and oxygen atoms in total. The van der Waals surface area contributed by atoms with E-state index in [1.165, 1.54) is 39.2 Å². The summed E-state index contributed by atoms with van der Waals surface area (Å²) in [4.78, 5) is 44.9. The highest BCUT2D eigenvalue weighted by atomic mass is 16.5. The van der Waals surface area contributed by atoms with Gasteiger partial charge in [-0.3, -0.25) is 19.4 Å². The lowest BCUT2D eigenvalue weighted by Gasteiger charge is -2.23. The Morgan fingerprint density at radius 2 is 1.63 bits per heavy atom. The Hall–Kier alpha value is -4.47. The minimum atomic E-state index is -0.227. The Morgan fingerprint density at radius 1 is 0.837 bits per heavy atom. The van der Waals surface area contributed by atoms with Crippen LogP contribution in [0.15, 0.2) is 61.1 Å². The van der Waals surface area contributed by atoms with Crippen LogP contribution in [0.1, 0.15) is 93.0 Å². The van der Waals surface area contributed by atoms with Crippen LogP contribution in [0.3, 0.4) is 0 Å². The first-order chi connectivity index (χ1) is 23.8. The average molecular weight is 670 g/mol. The smallest absolute Gasteiger partial charge is 0.308 e. The molecule has 1 N–H and O–H groups in total. The van der Waals surface area contributed by atoms with Gasteiger partial charge in [-0.15, -0.1) is 0 Å². The third-order valence-electron chi connectivity index (χ3n) is 10.7. The van der Waals surface area contributed by atoms with Gasteiger partial charge in [-0.25, -0.2) is 4.98 Å². The number of ketones is 1. The first kappa shape index (κ1) is 34.4. The number of hydrogen-bond donors (Lipinski definition) is 1. The van der Waals surface area contributed by atoms with Gasteiger partial charge in [0.05, 0.1) is 26.2 Å². The number of Topliss-reactive ketones (excluding diaryl/α,β-unsaturated/α-hetero) is 1. The summed E-state index contributed by atoms with van der Waals surface area (Å²) in [7, 11) is 3.04. The van der Waals surface area contributed by atoms with Gasteiger partial charge in [0, 0.05) is 30.2 Å². The number of fused-ring (bicyclic) bond motifs is 2. The van der Waals surface area contributed by atoms with E-state index in [0.717, 1.165) is 36.5 Å². The summed E-state index contributed by atoms with van der Waals surface area (Å²) in [5.74, 6) is 2.62. The maximum atomic E-state index is 12.5. The van der Waals surface area contributed by atoms with Crippen molar-refractivity contribution in [3.8, 4) is 17.4 Å². The quantitative estimate of drug-likeness (QED) is 0.223. The zero-order valence-corrected chi connectivity index (χ0v) is 28.6. The number of carbonyl (C=O) groups is 3. The minimum absolute atomic E-state index is 0.00781. The molecule has 4 aliphatic rings. The van der Waals surface area contributed by atoms with Gasteiger partial charge >= 0.3 is 5.97 Å². The van der Waals surface area contributed by atoms with Crippen LogP contribution in [-0.2, 0) is 14.3 Å². The number of pyridine rings is 2. The second kappa shape index (κ2) is 15.8. The van der Waals surface area contributed by atoms with Gasteiger partial charge in [-0.2, -0.15) is 0 Å². The molecule has 1 aromatic carbocycles. The van der Waals surface area contributed by atoms with Crippen LogP contribution in [0.2, 0.25) is 0 Å². The molecule has 49 heavy (non-hydrogen) atoms. The number of aromatic nitrogens is 2. The first-order valence-electron chi connectivity index (χ1n) is 17.6. The molecule has 6 atom stereocenters. The maximum Gasteiger partial charge on any atom is 0.308 e. The Bertz CT molecular complexity index is 1610. The lowest BCUT2D eigenvalue weighted by molar-refractivity contribution is -0.145. The first-order valence-corrected chi connectivity index (χ1v) is 17.6. The Labute approximate surface area is 288 Å². The number of anilines is 1. The number of esters is 1. The van der Waals surface area contributed by atoms with Crippen LogP contribution in [0.25, 0.3) is 0 Å².